The quantitative estimate of drug-likeness (QED) is 0.393. The fourth-order valence-corrected chi connectivity index (χ4v) is 0.827. The summed E-state index contributed by atoms with van der Waals surface area (Å²) in [6, 6.07) is 0. The van der Waals surface area contributed by atoms with Gasteiger partial charge in [-0.3, -0.25) is 5.43 Å². The number of halogens is 1. The Morgan fingerprint density at radius 3 is 3.17 bits per heavy atom. The van der Waals surface area contributed by atoms with Crippen LogP contribution in [-0.2, 0) is 9.53 Å². The van der Waals surface area contributed by atoms with Crippen LogP contribution in [0.25, 0.3) is 0 Å². The number of hydrogen-bond acceptors (Lipinski definition) is 4. The molecule has 1 aliphatic rings. The van der Waals surface area contributed by atoms with Gasteiger partial charge in [0.1, 0.15) is 5.50 Å². The van der Waals surface area contributed by atoms with Crippen molar-refractivity contribution in [1.29, 1.82) is 0 Å². The van der Waals surface area contributed by atoms with E-state index in [1.54, 1.807) is 13.0 Å². The highest BCUT2D eigenvalue weighted by molar-refractivity contribution is 6.41. The SMILES string of the molecule is CCOC(=O)C1=NNC(Cl)C=C1. The van der Waals surface area contributed by atoms with Crippen molar-refractivity contribution < 1.29 is 9.53 Å². The van der Waals surface area contributed by atoms with Gasteiger partial charge in [-0.2, -0.15) is 5.10 Å². The molecule has 1 N–H and O–H groups in total. The van der Waals surface area contributed by atoms with Crippen LogP contribution in [0.2, 0.25) is 0 Å². The Morgan fingerprint density at radius 2 is 2.67 bits per heavy atom. The van der Waals surface area contributed by atoms with Gasteiger partial charge in [0, 0.05) is 0 Å². The third-order valence-corrected chi connectivity index (χ3v) is 1.46. The average molecular weight is 189 g/mol. The Bertz CT molecular complexity index is 238. The van der Waals surface area contributed by atoms with Crippen molar-refractivity contribution in [2.75, 3.05) is 6.61 Å². The van der Waals surface area contributed by atoms with E-state index in [9.17, 15) is 4.79 Å². The van der Waals surface area contributed by atoms with E-state index in [0.29, 0.717) is 6.61 Å². The fraction of sp³-hybridized carbons (Fsp3) is 0.429. The second kappa shape index (κ2) is 4.11. The molecule has 0 radical (unpaired) electrons. The molecule has 66 valence electrons. The summed E-state index contributed by atoms with van der Waals surface area (Å²) >= 11 is 5.61. The van der Waals surface area contributed by atoms with E-state index in [2.05, 4.69) is 10.5 Å². The van der Waals surface area contributed by atoms with Gasteiger partial charge < -0.3 is 4.74 Å². The van der Waals surface area contributed by atoms with Gasteiger partial charge in [0.05, 0.1) is 6.61 Å². The van der Waals surface area contributed by atoms with Crippen LogP contribution in [0.5, 0.6) is 0 Å². The smallest absolute Gasteiger partial charge is 0.358 e. The molecule has 1 rings (SSSR count). The summed E-state index contributed by atoms with van der Waals surface area (Å²) in [6.45, 7) is 2.08. The number of ether oxygens (including phenoxy) is 1. The second-order valence-corrected chi connectivity index (χ2v) is 2.58. The van der Waals surface area contributed by atoms with Gasteiger partial charge in [-0.25, -0.2) is 4.79 Å². The van der Waals surface area contributed by atoms with E-state index in [1.807, 2.05) is 0 Å². The maximum absolute atomic E-state index is 11.0. The van der Waals surface area contributed by atoms with Crippen molar-refractivity contribution in [3.05, 3.63) is 12.2 Å². The molecule has 0 aromatic carbocycles. The standard InChI is InChI=1S/C7H9ClN2O2/c1-2-12-7(11)5-3-4-6(8)10-9-5/h3-4,6,10H,2H2,1H3. The van der Waals surface area contributed by atoms with Gasteiger partial charge in [-0.15, -0.1) is 0 Å². The zero-order valence-corrected chi connectivity index (χ0v) is 7.34. The molecule has 1 aliphatic heterocycles. The first-order valence-corrected chi connectivity index (χ1v) is 4.00. The van der Waals surface area contributed by atoms with E-state index in [0.717, 1.165) is 0 Å². The lowest BCUT2D eigenvalue weighted by molar-refractivity contribution is -0.134. The molecule has 0 saturated heterocycles. The van der Waals surface area contributed by atoms with E-state index in [-0.39, 0.29) is 11.2 Å². The number of hydrogen-bond donors (Lipinski definition) is 1. The Kier molecular flexibility index (Phi) is 3.10. The predicted molar refractivity (Wildman–Crippen MR) is 46.0 cm³/mol. The van der Waals surface area contributed by atoms with Crippen molar-refractivity contribution in [1.82, 2.24) is 5.43 Å². The summed E-state index contributed by atoms with van der Waals surface area (Å²) in [6.07, 6.45) is 3.16. The van der Waals surface area contributed by atoms with Gasteiger partial charge in [0.25, 0.3) is 0 Å². The van der Waals surface area contributed by atoms with Gasteiger partial charge in [-0.1, -0.05) is 11.6 Å². The second-order valence-electron chi connectivity index (χ2n) is 2.11. The molecule has 0 aliphatic carbocycles. The molecular formula is C7H9ClN2O2. The van der Waals surface area contributed by atoms with E-state index in [1.165, 1.54) is 6.08 Å². The van der Waals surface area contributed by atoms with Crippen molar-refractivity contribution in [2.45, 2.75) is 12.4 Å². The number of alkyl halides is 1. The molecule has 0 bridgehead atoms. The summed E-state index contributed by atoms with van der Waals surface area (Å²) < 4.78 is 4.71. The summed E-state index contributed by atoms with van der Waals surface area (Å²) in [4.78, 5) is 11.0. The number of carbonyl (C=O) groups excluding carboxylic acids is 1. The van der Waals surface area contributed by atoms with Crippen molar-refractivity contribution >= 4 is 23.3 Å². The van der Waals surface area contributed by atoms with E-state index >= 15 is 0 Å². The van der Waals surface area contributed by atoms with Crippen LogP contribution in [0, 0.1) is 0 Å². The van der Waals surface area contributed by atoms with Gasteiger partial charge in [0.15, 0.2) is 5.71 Å². The van der Waals surface area contributed by atoms with Gasteiger partial charge in [0.2, 0.25) is 0 Å². The molecule has 0 saturated carbocycles. The Morgan fingerprint density at radius 1 is 1.92 bits per heavy atom. The lowest BCUT2D eigenvalue weighted by atomic mass is 10.3. The van der Waals surface area contributed by atoms with Crippen LogP contribution < -0.4 is 5.43 Å². The molecule has 12 heavy (non-hydrogen) atoms. The third kappa shape index (κ3) is 2.23. The first-order chi connectivity index (χ1) is 5.74. The number of nitrogens with zero attached hydrogens (tertiary/aromatic N) is 1. The average Bonchev–Trinajstić information content (AvgIpc) is 2.06. The number of carbonyl (C=O) groups is 1. The lowest BCUT2D eigenvalue weighted by Gasteiger charge is -2.10. The van der Waals surface area contributed by atoms with Crippen LogP contribution in [0.4, 0.5) is 0 Å². The number of nitrogens with one attached hydrogen (secondary N) is 1. The zero-order chi connectivity index (χ0) is 8.97. The van der Waals surface area contributed by atoms with E-state index < -0.39 is 5.97 Å². The first kappa shape index (κ1) is 9.06. The van der Waals surface area contributed by atoms with Crippen molar-refractivity contribution in [3.63, 3.8) is 0 Å². The van der Waals surface area contributed by atoms with Gasteiger partial charge >= 0.3 is 5.97 Å². The van der Waals surface area contributed by atoms with Crippen LogP contribution in [0.1, 0.15) is 6.92 Å². The number of esters is 1. The normalized spacial score (nSPS) is 21.2. The van der Waals surface area contributed by atoms with Crippen LogP contribution in [-0.4, -0.2) is 23.8 Å². The van der Waals surface area contributed by atoms with Crippen LogP contribution >= 0.6 is 11.6 Å². The molecule has 0 aromatic heterocycles. The molecular weight excluding hydrogens is 180 g/mol. The topological polar surface area (TPSA) is 50.7 Å². The molecule has 1 heterocycles. The maximum atomic E-state index is 11.0. The molecule has 0 spiro atoms. The highest BCUT2D eigenvalue weighted by Gasteiger charge is 2.13. The molecule has 4 nitrogen and oxygen atoms in total. The molecule has 5 heteroatoms. The highest BCUT2D eigenvalue weighted by Crippen LogP contribution is 2.00. The van der Waals surface area contributed by atoms with Crippen molar-refractivity contribution in [3.8, 4) is 0 Å². The highest BCUT2D eigenvalue weighted by atomic mass is 35.5. The summed E-state index contributed by atoms with van der Waals surface area (Å²) in [7, 11) is 0. The Labute approximate surface area is 75.2 Å². The number of hydrazone groups is 1. The molecule has 1 atom stereocenters. The number of rotatable bonds is 2. The minimum absolute atomic E-state index is 0.244. The third-order valence-electron chi connectivity index (χ3n) is 1.22. The predicted octanol–water partition coefficient (Wildman–Crippen LogP) is 0.630. The lowest BCUT2D eigenvalue weighted by Crippen LogP contribution is -2.26. The largest absolute Gasteiger partial charge is 0.461 e. The molecule has 0 aromatic rings. The maximum Gasteiger partial charge on any atom is 0.358 e. The minimum atomic E-state index is -0.440. The van der Waals surface area contributed by atoms with Crippen LogP contribution in [0.15, 0.2) is 17.3 Å². The summed E-state index contributed by atoms with van der Waals surface area (Å²) in [5.74, 6) is -0.440. The monoisotopic (exact) mass is 188 g/mol. The summed E-state index contributed by atoms with van der Waals surface area (Å²) in [5, 5.41) is 3.70. The Balaban J connectivity index is 2.54. The van der Waals surface area contributed by atoms with Crippen LogP contribution in [0.3, 0.4) is 0 Å². The molecule has 0 amide bonds. The van der Waals surface area contributed by atoms with Gasteiger partial charge in [-0.05, 0) is 19.1 Å². The molecule has 1 unspecified atom stereocenters. The first-order valence-electron chi connectivity index (χ1n) is 3.56. The Hall–Kier alpha value is -1.03. The molecule has 0 fully saturated rings. The van der Waals surface area contributed by atoms with Crippen molar-refractivity contribution in [2.24, 2.45) is 5.10 Å². The minimum Gasteiger partial charge on any atom is -0.461 e. The summed E-state index contributed by atoms with van der Waals surface area (Å²) in [5.41, 5.74) is 2.44. The fourth-order valence-electron chi connectivity index (χ4n) is 0.706. The van der Waals surface area contributed by atoms with E-state index in [4.69, 9.17) is 16.3 Å². The zero-order valence-electron chi connectivity index (χ0n) is 6.58.